The number of nitrogens with zero attached hydrogens (tertiary/aromatic N) is 3. The number of carbonyl (C=O) groups excluding carboxylic acids is 1. The summed E-state index contributed by atoms with van der Waals surface area (Å²) in [5.74, 6) is 0.281. The molecule has 3 rings (SSSR count). The SMILES string of the molecule is O=C(CSc1nnc(Nc2ccc(F)cc2)s1)N1CCCCC1. The van der Waals surface area contributed by atoms with Crippen molar-refractivity contribution in [3.63, 3.8) is 0 Å². The molecule has 0 spiro atoms. The summed E-state index contributed by atoms with van der Waals surface area (Å²) in [5.41, 5.74) is 0.753. The molecule has 0 radical (unpaired) electrons. The Morgan fingerprint density at radius 2 is 1.96 bits per heavy atom. The minimum atomic E-state index is -0.278. The van der Waals surface area contributed by atoms with Crippen LogP contribution in [0.1, 0.15) is 19.3 Å². The van der Waals surface area contributed by atoms with E-state index in [9.17, 15) is 9.18 Å². The number of rotatable bonds is 5. The second-order valence-electron chi connectivity index (χ2n) is 5.24. The smallest absolute Gasteiger partial charge is 0.233 e. The van der Waals surface area contributed by atoms with E-state index in [4.69, 9.17) is 0 Å². The molecule has 1 fully saturated rings. The lowest BCUT2D eigenvalue weighted by atomic mass is 10.1. The second-order valence-corrected chi connectivity index (χ2v) is 7.44. The number of halogens is 1. The first-order chi connectivity index (χ1) is 11.2. The molecule has 1 N–H and O–H groups in total. The number of likely N-dealkylation sites (tertiary alicyclic amines) is 1. The van der Waals surface area contributed by atoms with Crippen LogP contribution in [0, 0.1) is 5.82 Å². The third kappa shape index (κ3) is 4.65. The maximum Gasteiger partial charge on any atom is 0.233 e. The van der Waals surface area contributed by atoms with E-state index in [1.54, 1.807) is 12.1 Å². The highest BCUT2D eigenvalue weighted by molar-refractivity contribution is 8.01. The number of piperidine rings is 1. The summed E-state index contributed by atoms with van der Waals surface area (Å²) in [5, 5.41) is 11.8. The number of hydrogen-bond donors (Lipinski definition) is 1. The van der Waals surface area contributed by atoms with Crippen molar-refractivity contribution in [2.24, 2.45) is 0 Å². The summed E-state index contributed by atoms with van der Waals surface area (Å²) < 4.78 is 13.6. The number of thioether (sulfide) groups is 1. The number of hydrogen-bond acceptors (Lipinski definition) is 6. The molecule has 0 unspecified atom stereocenters. The minimum absolute atomic E-state index is 0.165. The molecule has 8 heteroatoms. The van der Waals surface area contributed by atoms with Gasteiger partial charge < -0.3 is 10.2 Å². The van der Waals surface area contributed by atoms with E-state index in [1.165, 1.54) is 41.7 Å². The molecular formula is C15H17FN4OS2. The Kier molecular flexibility index (Phi) is 5.45. The first-order valence-electron chi connectivity index (χ1n) is 7.47. The van der Waals surface area contributed by atoms with E-state index in [0.717, 1.165) is 36.0 Å². The molecule has 122 valence electrons. The molecule has 0 bridgehead atoms. The fourth-order valence-corrected chi connectivity index (χ4v) is 4.01. The lowest BCUT2D eigenvalue weighted by molar-refractivity contribution is -0.129. The lowest BCUT2D eigenvalue weighted by Crippen LogP contribution is -2.36. The second kappa shape index (κ2) is 7.74. The Balaban J connectivity index is 1.50. The zero-order chi connectivity index (χ0) is 16.1. The average molecular weight is 352 g/mol. The van der Waals surface area contributed by atoms with E-state index in [-0.39, 0.29) is 11.7 Å². The summed E-state index contributed by atoms with van der Waals surface area (Å²) in [6.45, 7) is 1.74. The largest absolute Gasteiger partial charge is 0.342 e. The van der Waals surface area contributed by atoms with Gasteiger partial charge in [-0.25, -0.2) is 4.39 Å². The molecule has 23 heavy (non-hydrogen) atoms. The summed E-state index contributed by atoms with van der Waals surface area (Å²) in [6, 6.07) is 6.06. The quantitative estimate of drug-likeness (QED) is 0.834. The Morgan fingerprint density at radius 1 is 1.22 bits per heavy atom. The van der Waals surface area contributed by atoms with Crippen LogP contribution >= 0.6 is 23.1 Å². The van der Waals surface area contributed by atoms with Crippen molar-refractivity contribution < 1.29 is 9.18 Å². The molecule has 1 aliphatic heterocycles. The predicted octanol–water partition coefficient (Wildman–Crippen LogP) is 3.53. The summed E-state index contributed by atoms with van der Waals surface area (Å²) in [6.07, 6.45) is 3.41. The van der Waals surface area contributed by atoms with E-state index in [2.05, 4.69) is 15.5 Å². The van der Waals surface area contributed by atoms with Crippen LogP contribution in [0.4, 0.5) is 15.2 Å². The van der Waals surface area contributed by atoms with Gasteiger partial charge in [-0.2, -0.15) is 0 Å². The standard InChI is InChI=1S/C15H17FN4OS2/c16-11-4-6-12(7-5-11)17-14-18-19-15(23-14)22-10-13(21)20-8-2-1-3-9-20/h4-7H,1-3,8-10H2,(H,17,18). The summed E-state index contributed by atoms with van der Waals surface area (Å²) in [4.78, 5) is 14.0. The Labute approximate surface area is 142 Å². The van der Waals surface area contributed by atoms with Crippen molar-refractivity contribution in [1.29, 1.82) is 0 Å². The number of carbonyl (C=O) groups is 1. The number of nitrogens with one attached hydrogen (secondary N) is 1. The zero-order valence-corrected chi connectivity index (χ0v) is 14.1. The van der Waals surface area contributed by atoms with Gasteiger partial charge in [0.25, 0.3) is 0 Å². The molecule has 0 atom stereocenters. The third-order valence-electron chi connectivity index (χ3n) is 3.53. The van der Waals surface area contributed by atoms with Gasteiger partial charge in [0.2, 0.25) is 11.0 Å². The molecule has 1 aromatic heterocycles. The molecule has 0 saturated carbocycles. The van der Waals surface area contributed by atoms with Gasteiger partial charge in [0.15, 0.2) is 4.34 Å². The lowest BCUT2D eigenvalue weighted by Gasteiger charge is -2.26. The van der Waals surface area contributed by atoms with Gasteiger partial charge in [-0.05, 0) is 43.5 Å². The molecule has 2 heterocycles. The number of aromatic nitrogens is 2. The van der Waals surface area contributed by atoms with Crippen LogP contribution in [-0.2, 0) is 4.79 Å². The fraction of sp³-hybridized carbons (Fsp3) is 0.400. The third-order valence-corrected chi connectivity index (χ3v) is 5.49. The topological polar surface area (TPSA) is 58.1 Å². The minimum Gasteiger partial charge on any atom is -0.342 e. The Morgan fingerprint density at radius 3 is 2.70 bits per heavy atom. The van der Waals surface area contributed by atoms with Gasteiger partial charge in [-0.3, -0.25) is 4.79 Å². The maximum atomic E-state index is 12.9. The molecule has 1 amide bonds. The monoisotopic (exact) mass is 352 g/mol. The Bertz CT molecular complexity index is 656. The molecular weight excluding hydrogens is 335 g/mol. The normalized spacial score (nSPS) is 14.7. The van der Waals surface area contributed by atoms with E-state index < -0.39 is 0 Å². The molecule has 1 saturated heterocycles. The van der Waals surface area contributed by atoms with Crippen molar-refractivity contribution in [2.75, 3.05) is 24.2 Å². The van der Waals surface area contributed by atoms with Crippen LogP contribution < -0.4 is 5.32 Å². The molecule has 1 aliphatic rings. The van der Waals surface area contributed by atoms with Gasteiger partial charge >= 0.3 is 0 Å². The van der Waals surface area contributed by atoms with E-state index in [1.807, 2.05) is 4.90 Å². The zero-order valence-electron chi connectivity index (χ0n) is 12.5. The summed E-state index contributed by atoms with van der Waals surface area (Å²) in [7, 11) is 0. The fourth-order valence-electron chi connectivity index (χ4n) is 2.33. The van der Waals surface area contributed by atoms with Crippen molar-refractivity contribution in [3.05, 3.63) is 30.1 Å². The van der Waals surface area contributed by atoms with Gasteiger partial charge in [-0.15, -0.1) is 10.2 Å². The average Bonchev–Trinajstić information content (AvgIpc) is 3.03. The van der Waals surface area contributed by atoms with Crippen LogP contribution in [0.3, 0.4) is 0 Å². The van der Waals surface area contributed by atoms with Crippen LogP contribution in [0.2, 0.25) is 0 Å². The van der Waals surface area contributed by atoms with Gasteiger partial charge in [-0.1, -0.05) is 23.1 Å². The van der Waals surface area contributed by atoms with Crippen LogP contribution in [0.25, 0.3) is 0 Å². The van der Waals surface area contributed by atoms with Crippen LogP contribution in [0.15, 0.2) is 28.6 Å². The molecule has 5 nitrogen and oxygen atoms in total. The van der Waals surface area contributed by atoms with Gasteiger partial charge in [0.05, 0.1) is 5.75 Å². The first-order valence-corrected chi connectivity index (χ1v) is 9.27. The molecule has 0 aliphatic carbocycles. The predicted molar refractivity (Wildman–Crippen MR) is 90.7 cm³/mol. The number of benzene rings is 1. The van der Waals surface area contributed by atoms with Gasteiger partial charge in [0.1, 0.15) is 5.82 Å². The Hall–Kier alpha value is -1.67. The molecule has 2 aromatic rings. The number of anilines is 2. The highest BCUT2D eigenvalue weighted by Crippen LogP contribution is 2.28. The van der Waals surface area contributed by atoms with E-state index >= 15 is 0 Å². The van der Waals surface area contributed by atoms with Crippen molar-refractivity contribution in [3.8, 4) is 0 Å². The highest BCUT2D eigenvalue weighted by atomic mass is 32.2. The maximum absolute atomic E-state index is 12.9. The van der Waals surface area contributed by atoms with E-state index in [0.29, 0.717) is 10.9 Å². The highest BCUT2D eigenvalue weighted by Gasteiger charge is 2.17. The van der Waals surface area contributed by atoms with Gasteiger partial charge in [0, 0.05) is 18.8 Å². The van der Waals surface area contributed by atoms with Crippen LogP contribution in [-0.4, -0.2) is 39.8 Å². The first kappa shape index (κ1) is 16.2. The van der Waals surface area contributed by atoms with Crippen molar-refractivity contribution in [1.82, 2.24) is 15.1 Å². The number of amides is 1. The van der Waals surface area contributed by atoms with Crippen molar-refractivity contribution in [2.45, 2.75) is 23.6 Å². The van der Waals surface area contributed by atoms with Crippen LogP contribution in [0.5, 0.6) is 0 Å². The molecule has 1 aromatic carbocycles. The van der Waals surface area contributed by atoms with Crippen molar-refractivity contribution >= 4 is 39.8 Å². The summed E-state index contributed by atoms with van der Waals surface area (Å²) >= 11 is 2.80.